The molecule has 1 saturated heterocycles. The molecule has 0 radical (unpaired) electrons. The average molecular weight is 410 g/mol. The van der Waals surface area contributed by atoms with Crippen molar-refractivity contribution in [2.75, 3.05) is 13.1 Å². The zero-order valence-electron chi connectivity index (χ0n) is 17.5. The van der Waals surface area contributed by atoms with Gasteiger partial charge >= 0.3 is 6.18 Å². The Hall–Kier alpha value is -2.21. The molecule has 2 nitrogen and oxygen atoms in total. The molecule has 2 heterocycles. The van der Waals surface area contributed by atoms with Gasteiger partial charge in [0.1, 0.15) is 5.82 Å². The highest BCUT2D eigenvalue weighted by Crippen LogP contribution is 2.35. The van der Waals surface area contributed by atoms with Gasteiger partial charge in [-0.25, -0.2) is 9.37 Å². The van der Waals surface area contributed by atoms with Crippen LogP contribution in [0.1, 0.15) is 57.7 Å². The maximum absolute atomic E-state index is 13.1. The molecule has 1 aliphatic heterocycles. The first-order valence-electron chi connectivity index (χ1n) is 10.1. The quantitative estimate of drug-likeness (QED) is 0.552. The normalized spacial score (nSPS) is 14.2. The third-order valence-corrected chi connectivity index (χ3v) is 4.45. The number of aromatic nitrogens is 1. The van der Waals surface area contributed by atoms with Crippen molar-refractivity contribution >= 4 is 5.57 Å². The fourth-order valence-electron chi connectivity index (χ4n) is 3.01. The van der Waals surface area contributed by atoms with E-state index in [4.69, 9.17) is 0 Å². The second kappa shape index (κ2) is 11.7. The highest BCUT2D eigenvalue weighted by atomic mass is 19.4. The monoisotopic (exact) mass is 410 g/mol. The van der Waals surface area contributed by atoms with Crippen molar-refractivity contribution in [1.82, 2.24) is 10.3 Å². The van der Waals surface area contributed by atoms with E-state index < -0.39 is 17.6 Å². The van der Waals surface area contributed by atoms with Gasteiger partial charge in [0.2, 0.25) is 0 Å². The molecular formula is C23H30F4N2. The summed E-state index contributed by atoms with van der Waals surface area (Å²) >= 11 is 0. The lowest BCUT2D eigenvalue weighted by molar-refractivity contribution is -0.0688. The first-order chi connectivity index (χ1) is 13.8. The van der Waals surface area contributed by atoms with E-state index in [-0.39, 0.29) is 11.6 Å². The molecule has 3 rings (SSSR count). The van der Waals surface area contributed by atoms with Crippen LogP contribution in [-0.2, 0) is 0 Å². The Morgan fingerprint density at radius 3 is 2.07 bits per heavy atom. The molecule has 29 heavy (non-hydrogen) atoms. The lowest BCUT2D eigenvalue weighted by atomic mass is 9.89. The summed E-state index contributed by atoms with van der Waals surface area (Å²) in [5, 5.41) is 3.24. The van der Waals surface area contributed by atoms with Gasteiger partial charge < -0.3 is 5.32 Å². The number of allylic oxidation sites excluding steroid dienone is 1. The van der Waals surface area contributed by atoms with Gasteiger partial charge in [-0.3, -0.25) is 0 Å². The van der Waals surface area contributed by atoms with Crippen LogP contribution in [0.3, 0.4) is 0 Å². The standard InChI is InChI=1S/C19H18F4N2.2C2H6/c1-12(19(21,22)23)17-10-15(13-6-8-24-9-7-13)11-18(25-17)14-2-4-16(20)5-3-14;2*1-2/h2-5,10-11,13,24H,1,6-9H2;2*1-2H3. The fourth-order valence-corrected chi connectivity index (χ4v) is 3.01. The fraction of sp³-hybridized carbons (Fsp3) is 0.435. The van der Waals surface area contributed by atoms with Crippen LogP contribution in [0.2, 0.25) is 0 Å². The van der Waals surface area contributed by atoms with Gasteiger partial charge in [0.25, 0.3) is 0 Å². The lowest BCUT2D eigenvalue weighted by Gasteiger charge is -2.24. The Kier molecular flexibility index (Phi) is 10.0. The molecule has 0 atom stereocenters. The van der Waals surface area contributed by atoms with Crippen molar-refractivity contribution in [3.05, 3.63) is 60.1 Å². The molecule has 1 fully saturated rings. The summed E-state index contributed by atoms with van der Waals surface area (Å²) in [6.45, 7) is 12.8. The first kappa shape index (κ1) is 24.8. The molecule has 0 aliphatic carbocycles. The van der Waals surface area contributed by atoms with Gasteiger partial charge in [0.15, 0.2) is 0 Å². The van der Waals surface area contributed by atoms with Gasteiger partial charge in [-0.1, -0.05) is 34.3 Å². The van der Waals surface area contributed by atoms with Crippen molar-refractivity contribution in [1.29, 1.82) is 0 Å². The zero-order valence-corrected chi connectivity index (χ0v) is 17.5. The number of piperidine rings is 1. The summed E-state index contributed by atoms with van der Waals surface area (Å²) in [4.78, 5) is 4.14. The topological polar surface area (TPSA) is 24.9 Å². The van der Waals surface area contributed by atoms with E-state index in [2.05, 4.69) is 16.9 Å². The van der Waals surface area contributed by atoms with Crippen LogP contribution in [0.5, 0.6) is 0 Å². The summed E-state index contributed by atoms with van der Waals surface area (Å²) in [5.74, 6) is -0.235. The van der Waals surface area contributed by atoms with Gasteiger partial charge in [-0.05, 0) is 73.8 Å². The highest BCUT2D eigenvalue weighted by molar-refractivity contribution is 5.69. The predicted octanol–water partition coefficient (Wildman–Crippen LogP) is 6.98. The highest BCUT2D eigenvalue weighted by Gasteiger charge is 2.34. The predicted molar refractivity (Wildman–Crippen MR) is 112 cm³/mol. The number of nitrogens with zero attached hydrogens (tertiary/aromatic N) is 1. The molecule has 1 aromatic carbocycles. The Morgan fingerprint density at radius 2 is 1.55 bits per heavy atom. The number of hydrogen-bond donors (Lipinski definition) is 1. The van der Waals surface area contributed by atoms with E-state index in [0.29, 0.717) is 11.3 Å². The summed E-state index contributed by atoms with van der Waals surface area (Å²) < 4.78 is 52.4. The molecule has 0 spiro atoms. The van der Waals surface area contributed by atoms with Crippen molar-refractivity contribution < 1.29 is 17.6 Å². The number of halogens is 4. The number of hydrogen-bond acceptors (Lipinski definition) is 2. The minimum absolute atomic E-state index is 0.170. The van der Waals surface area contributed by atoms with Crippen molar-refractivity contribution in [2.24, 2.45) is 0 Å². The van der Waals surface area contributed by atoms with Crippen LogP contribution in [-0.4, -0.2) is 24.2 Å². The average Bonchev–Trinajstić information content (AvgIpc) is 2.76. The molecule has 0 saturated carbocycles. The number of rotatable bonds is 3. The van der Waals surface area contributed by atoms with Crippen molar-refractivity contribution in [2.45, 2.75) is 52.6 Å². The molecule has 1 N–H and O–H groups in total. The molecule has 0 amide bonds. The van der Waals surface area contributed by atoms with Gasteiger partial charge in [-0.2, -0.15) is 13.2 Å². The van der Waals surface area contributed by atoms with E-state index >= 15 is 0 Å². The first-order valence-corrected chi connectivity index (χ1v) is 10.1. The van der Waals surface area contributed by atoms with E-state index in [0.717, 1.165) is 31.5 Å². The molecule has 2 aromatic rings. The number of nitrogens with one attached hydrogen (secondary N) is 1. The molecule has 0 bridgehead atoms. The second-order valence-corrected chi connectivity index (χ2v) is 6.18. The number of benzene rings is 1. The summed E-state index contributed by atoms with van der Waals surface area (Å²) in [6.07, 6.45) is -2.84. The Bertz CT molecular complexity index is 761. The van der Waals surface area contributed by atoms with Crippen LogP contribution in [0, 0.1) is 5.82 Å². The van der Waals surface area contributed by atoms with E-state index in [1.807, 2.05) is 27.7 Å². The maximum atomic E-state index is 13.1. The molecule has 160 valence electrons. The Morgan fingerprint density at radius 1 is 1.00 bits per heavy atom. The van der Waals surface area contributed by atoms with Crippen LogP contribution in [0.25, 0.3) is 16.8 Å². The Balaban J connectivity index is 0.000000989. The van der Waals surface area contributed by atoms with Crippen LogP contribution >= 0.6 is 0 Å². The SMILES string of the molecule is C=C(c1cc(C2CCNCC2)cc(-c2ccc(F)cc2)n1)C(F)(F)F.CC.CC. The van der Waals surface area contributed by atoms with E-state index in [9.17, 15) is 17.6 Å². The minimum atomic E-state index is -4.54. The molecule has 1 aromatic heterocycles. The van der Waals surface area contributed by atoms with E-state index in [1.165, 1.54) is 30.3 Å². The largest absolute Gasteiger partial charge is 0.417 e. The molecule has 6 heteroatoms. The maximum Gasteiger partial charge on any atom is 0.417 e. The third-order valence-electron chi connectivity index (χ3n) is 4.45. The molecule has 0 unspecified atom stereocenters. The van der Waals surface area contributed by atoms with Crippen LogP contribution in [0.15, 0.2) is 43.0 Å². The van der Waals surface area contributed by atoms with Gasteiger partial charge in [0.05, 0.1) is 17.0 Å². The molecular weight excluding hydrogens is 380 g/mol. The smallest absolute Gasteiger partial charge is 0.317 e. The summed E-state index contributed by atoms with van der Waals surface area (Å²) in [5.41, 5.74) is 0.649. The second-order valence-electron chi connectivity index (χ2n) is 6.18. The summed E-state index contributed by atoms with van der Waals surface area (Å²) in [7, 11) is 0. The van der Waals surface area contributed by atoms with Crippen LogP contribution in [0.4, 0.5) is 17.6 Å². The van der Waals surface area contributed by atoms with Crippen LogP contribution < -0.4 is 5.32 Å². The number of pyridine rings is 1. The van der Waals surface area contributed by atoms with E-state index in [1.54, 1.807) is 6.07 Å². The lowest BCUT2D eigenvalue weighted by Crippen LogP contribution is -2.26. The van der Waals surface area contributed by atoms with Crippen molar-refractivity contribution in [3.63, 3.8) is 0 Å². The van der Waals surface area contributed by atoms with Gasteiger partial charge in [0, 0.05) is 5.56 Å². The molecule has 1 aliphatic rings. The minimum Gasteiger partial charge on any atom is -0.317 e. The third kappa shape index (κ3) is 6.96. The van der Waals surface area contributed by atoms with Gasteiger partial charge in [-0.15, -0.1) is 0 Å². The zero-order chi connectivity index (χ0) is 22.0. The summed E-state index contributed by atoms with van der Waals surface area (Å²) in [6, 6.07) is 8.86. The van der Waals surface area contributed by atoms with Crippen molar-refractivity contribution in [3.8, 4) is 11.3 Å². The number of alkyl halides is 3. The Labute approximate surface area is 171 Å².